The summed E-state index contributed by atoms with van der Waals surface area (Å²) in [6, 6.07) is 5.09. The van der Waals surface area contributed by atoms with Gasteiger partial charge in [0.25, 0.3) is 0 Å². The number of hydrogen-bond acceptors (Lipinski definition) is 4. The fourth-order valence-electron chi connectivity index (χ4n) is 1.58. The van der Waals surface area contributed by atoms with Crippen LogP contribution in [0.2, 0.25) is 0 Å². The van der Waals surface area contributed by atoms with Crippen LogP contribution < -0.4 is 10.1 Å². The minimum absolute atomic E-state index is 0.0273. The molecule has 0 spiro atoms. The molecule has 0 atom stereocenters. The normalized spacial score (nSPS) is 10.7. The third-order valence-electron chi connectivity index (χ3n) is 2.34. The Morgan fingerprint density at radius 3 is 2.72 bits per heavy atom. The Hall–Kier alpha value is -1.62. The average Bonchev–Trinajstić information content (AvgIpc) is 2.30. The SMILES string of the molecule is CCCNCc1ccc(OC(C)C)c([N+](=O)[O-])c1. The molecule has 0 fully saturated rings. The van der Waals surface area contributed by atoms with Crippen LogP contribution in [0.3, 0.4) is 0 Å². The fourth-order valence-corrected chi connectivity index (χ4v) is 1.58. The number of hydrogen-bond donors (Lipinski definition) is 1. The molecule has 0 bridgehead atoms. The highest BCUT2D eigenvalue weighted by atomic mass is 16.6. The number of nitrogens with one attached hydrogen (secondary N) is 1. The Labute approximate surface area is 107 Å². The van der Waals surface area contributed by atoms with Crippen LogP contribution in [0, 0.1) is 10.1 Å². The molecule has 1 rings (SSSR count). The van der Waals surface area contributed by atoms with Crippen LogP contribution >= 0.6 is 0 Å². The van der Waals surface area contributed by atoms with E-state index in [0.717, 1.165) is 18.5 Å². The minimum Gasteiger partial charge on any atom is -0.484 e. The number of nitro groups is 1. The third-order valence-corrected chi connectivity index (χ3v) is 2.34. The molecule has 0 aliphatic carbocycles. The summed E-state index contributed by atoms with van der Waals surface area (Å²) in [7, 11) is 0. The molecule has 5 heteroatoms. The van der Waals surface area contributed by atoms with Crippen LogP contribution in [0.5, 0.6) is 5.75 Å². The molecule has 1 N–H and O–H groups in total. The smallest absolute Gasteiger partial charge is 0.311 e. The lowest BCUT2D eigenvalue weighted by Crippen LogP contribution is -2.14. The Bertz CT molecular complexity index is 405. The first-order valence-electron chi connectivity index (χ1n) is 6.19. The molecule has 1 aromatic carbocycles. The quantitative estimate of drug-likeness (QED) is 0.460. The molecule has 18 heavy (non-hydrogen) atoms. The summed E-state index contributed by atoms with van der Waals surface area (Å²) in [6.07, 6.45) is 0.962. The van der Waals surface area contributed by atoms with Crippen molar-refractivity contribution >= 4 is 5.69 Å². The predicted molar refractivity (Wildman–Crippen MR) is 70.9 cm³/mol. The van der Waals surface area contributed by atoms with E-state index in [4.69, 9.17) is 4.74 Å². The molecule has 0 aliphatic heterocycles. The second-order valence-corrected chi connectivity index (χ2v) is 4.40. The molecular formula is C13H20N2O3. The number of benzene rings is 1. The largest absolute Gasteiger partial charge is 0.484 e. The zero-order valence-corrected chi connectivity index (χ0v) is 11.1. The summed E-state index contributed by atoms with van der Waals surface area (Å²) in [5.74, 6) is 0.328. The van der Waals surface area contributed by atoms with Gasteiger partial charge in [-0.05, 0) is 38.4 Å². The van der Waals surface area contributed by atoms with Crippen molar-refractivity contribution in [2.45, 2.75) is 39.8 Å². The van der Waals surface area contributed by atoms with Crippen LogP contribution in [-0.2, 0) is 6.54 Å². The van der Waals surface area contributed by atoms with Gasteiger partial charge in [0.15, 0.2) is 5.75 Å². The third kappa shape index (κ3) is 4.33. The molecular weight excluding hydrogens is 232 g/mol. The minimum atomic E-state index is -0.402. The first-order valence-corrected chi connectivity index (χ1v) is 6.19. The summed E-state index contributed by atoms with van der Waals surface area (Å²) >= 11 is 0. The maximum atomic E-state index is 11.0. The Morgan fingerprint density at radius 2 is 2.17 bits per heavy atom. The molecule has 0 aromatic heterocycles. The van der Waals surface area contributed by atoms with Crippen molar-refractivity contribution in [1.29, 1.82) is 0 Å². The van der Waals surface area contributed by atoms with E-state index in [1.54, 1.807) is 12.1 Å². The van der Waals surface area contributed by atoms with Crippen molar-refractivity contribution < 1.29 is 9.66 Å². The highest BCUT2D eigenvalue weighted by Gasteiger charge is 2.16. The fraction of sp³-hybridized carbons (Fsp3) is 0.538. The van der Waals surface area contributed by atoms with Gasteiger partial charge in [0.05, 0.1) is 11.0 Å². The standard InChI is InChI=1S/C13H20N2O3/c1-4-7-14-9-11-5-6-13(18-10(2)3)12(8-11)15(16)17/h5-6,8,10,14H,4,7,9H2,1-3H3. The molecule has 0 amide bonds. The average molecular weight is 252 g/mol. The maximum absolute atomic E-state index is 11.0. The summed E-state index contributed by atoms with van der Waals surface area (Å²) in [6.45, 7) is 7.31. The van der Waals surface area contributed by atoms with E-state index in [1.807, 2.05) is 19.9 Å². The maximum Gasteiger partial charge on any atom is 0.311 e. The van der Waals surface area contributed by atoms with Crippen LogP contribution in [0.15, 0.2) is 18.2 Å². The van der Waals surface area contributed by atoms with Crippen molar-refractivity contribution in [3.63, 3.8) is 0 Å². The number of nitrogens with zero attached hydrogens (tertiary/aromatic N) is 1. The van der Waals surface area contributed by atoms with E-state index >= 15 is 0 Å². The molecule has 5 nitrogen and oxygen atoms in total. The Balaban J connectivity index is 2.85. The summed E-state index contributed by atoms with van der Waals surface area (Å²) in [5, 5.41) is 14.2. The van der Waals surface area contributed by atoms with E-state index in [1.165, 1.54) is 0 Å². The molecule has 0 saturated carbocycles. The molecule has 0 unspecified atom stereocenters. The number of rotatable bonds is 7. The lowest BCUT2D eigenvalue weighted by molar-refractivity contribution is -0.386. The van der Waals surface area contributed by atoms with E-state index in [2.05, 4.69) is 12.2 Å². The molecule has 0 saturated heterocycles. The molecule has 0 radical (unpaired) electrons. The monoisotopic (exact) mass is 252 g/mol. The van der Waals surface area contributed by atoms with E-state index in [-0.39, 0.29) is 11.8 Å². The van der Waals surface area contributed by atoms with E-state index in [9.17, 15) is 10.1 Å². The van der Waals surface area contributed by atoms with Gasteiger partial charge < -0.3 is 10.1 Å². The second kappa shape index (κ2) is 6.96. The van der Waals surface area contributed by atoms with Gasteiger partial charge in [-0.3, -0.25) is 10.1 Å². The first-order chi connectivity index (χ1) is 8.54. The first kappa shape index (κ1) is 14.4. The predicted octanol–water partition coefficient (Wildman–Crippen LogP) is 2.88. The van der Waals surface area contributed by atoms with Gasteiger partial charge in [-0.15, -0.1) is 0 Å². The molecule has 0 heterocycles. The van der Waals surface area contributed by atoms with Crippen molar-refractivity contribution in [3.05, 3.63) is 33.9 Å². The zero-order chi connectivity index (χ0) is 13.5. The summed E-state index contributed by atoms with van der Waals surface area (Å²) in [5.41, 5.74) is 0.922. The van der Waals surface area contributed by atoms with E-state index in [0.29, 0.717) is 12.3 Å². The Morgan fingerprint density at radius 1 is 1.44 bits per heavy atom. The lowest BCUT2D eigenvalue weighted by atomic mass is 10.2. The van der Waals surface area contributed by atoms with Gasteiger partial charge in [-0.1, -0.05) is 13.0 Å². The van der Waals surface area contributed by atoms with Crippen molar-refractivity contribution in [1.82, 2.24) is 5.32 Å². The summed E-state index contributed by atoms with van der Waals surface area (Å²) < 4.78 is 5.43. The van der Waals surface area contributed by atoms with Crippen molar-refractivity contribution in [3.8, 4) is 5.75 Å². The van der Waals surface area contributed by atoms with Gasteiger partial charge >= 0.3 is 5.69 Å². The van der Waals surface area contributed by atoms with Gasteiger partial charge in [-0.2, -0.15) is 0 Å². The number of ether oxygens (including phenoxy) is 1. The lowest BCUT2D eigenvalue weighted by Gasteiger charge is -2.11. The highest BCUT2D eigenvalue weighted by molar-refractivity contribution is 5.48. The molecule has 100 valence electrons. The van der Waals surface area contributed by atoms with Gasteiger partial charge in [0.1, 0.15) is 0 Å². The highest BCUT2D eigenvalue weighted by Crippen LogP contribution is 2.28. The number of nitro benzene ring substituents is 1. The summed E-state index contributed by atoms with van der Waals surface area (Å²) in [4.78, 5) is 10.6. The van der Waals surface area contributed by atoms with Crippen molar-refractivity contribution in [2.75, 3.05) is 6.54 Å². The molecule has 1 aromatic rings. The van der Waals surface area contributed by atoms with Crippen molar-refractivity contribution in [2.24, 2.45) is 0 Å². The van der Waals surface area contributed by atoms with Gasteiger partial charge in [-0.25, -0.2) is 0 Å². The van der Waals surface area contributed by atoms with Gasteiger partial charge in [0.2, 0.25) is 0 Å². The van der Waals surface area contributed by atoms with Crippen LogP contribution in [-0.4, -0.2) is 17.6 Å². The Kier molecular flexibility index (Phi) is 5.58. The zero-order valence-electron chi connectivity index (χ0n) is 11.1. The van der Waals surface area contributed by atoms with Crippen LogP contribution in [0.4, 0.5) is 5.69 Å². The second-order valence-electron chi connectivity index (χ2n) is 4.40. The van der Waals surface area contributed by atoms with Crippen LogP contribution in [0.25, 0.3) is 0 Å². The van der Waals surface area contributed by atoms with E-state index < -0.39 is 4.92 Å². The molecule has 0 aliphatic rings. The van der Waals surface area contributed by atoms with Crippen LogP contribution in [0.1, 0.15) is 32.8 Å². The van der Waals surface area contributed by atoms with Gasteiger partial charge in [0, 0.05) is 12.6 Å². The topological polar surface area (TPSA) is 64.4 Å².